The zero-order valence-corrected chi connectivity index (χ0v) is 10.8. The molecular weight excluding hydrogens is 251 g/mol. The second-order valence-corrected chi connectivity index (χ2v) is 5.79. The molecule has 1 saturated heterocycles. The number of alkyl halides is 3. The Kier molecular flexibility index (Phi) is 3.60. The Balaban J connectivity index is 2.79. The number of hydrogen-bond acceptors (Lipinski definition) is 3. The summed E-state index contributed by atoms with van der Waals surface area (Å²) in [7, 11) is 0. The Labute approximate surface area is 104 Å². The summed E-state index contributed by atoms with van der Waals surface area (Å²) in [5.41, 5.74) is -3.08. The fourth-order valence-electron chi connectivity index (χ4n) is 1.72. The Bertz CT molecular complexity index is 337. The van der Waals surface area contributed by atoms with E-state index in [0.29, 0.717) is 0 Å². The highest BCUT2D eigenvalue weighted by Crippen LogP contribution is 2.45. The van der Waals surface area contributed by atoms with Gasteiger partial charge in [0.2, 0.25) is 0 Å². The van der Waals surface area contributed by atoms with Crippen LogP contribution >= 0.6 is 0 Å². The van der Waals surface area contributed by atoms with Crippen LogP contribution in [0.15, 0.2) is 0 Å². The minimum Gasteiger partial charge on any atom is -0.444 e. The van der Waals surface area contributed by atoms with Crippen molar-refractivity contribution in [3.05, 3.63) is 0 Å². The summed E-state index contributed by atoms with van der Waals surface area (Å²) >= 11 is 0. The Morgan fingerprint density at radius 3 is 2.22 bits per heavy atom. The summed E-state index contributed by atoms with van der Waals surface area (Å²) in [5, 5.41) is 9.53. The number of carbonyl (C=O) groups excluding carboxylic acids is 1. The smallest absolute Gasteiger partial charge is 0.410 e. The molecule has 4 nitrogen and oxygen atoms in total. The van der Waals surface area contributed by atoms with Crippen LogP contribution in [0.4, 0.5) is 18.0 Å². The number of aliphatic hydroxyl groups excluding tert-OH is 1. The lowest BCUT2D eigenvalue weighted by Gasteiger charge is -2.30. The summed E-state index contributed by atoms with van der Waals surface area (Å²) < 4.78 is 43.5. The van der Waals surface area contributed by atoms with Crippen molar-refractivity contribution in [3.63, 3.8) is 0 Å². The molecule has 1 heterocycles. The van der Waals surface area contributed by atoms with Crippen molar-refractivity contribution >= 4 is 6.09 Å². The maximum atomic E-state index is 12.8. The second kappa shape index (κ2) is 4.29. The van der Waals surface area contributed by atoms with Crippen LogP contribution in [-0.2, 0) is 4.74 Å². The number of carbonyl (C=O) groups is 1. The Morgan fingerprint density at radius 1 is 1.39 bits per heavy atom. The molecule has 1 amide bonds. The van der Waals surface area contributed by atoms with Gasteiger partial charge in [-0.25, -0.2) is 4.79 Å². The number of rotatable bonds is 0. The van der Waals surface area contributed by atoms with Crippen LogP contribution < -0.4 is 0 Å². The number of ether oxygens (including phenoxy) is 1. The van der Waals surface area contributed by atoms with E-state index in [2.05, 4.69) is 0 Å². The van der Waals surface area contributed by atoms with Crippen LogP contribution in [0.1, 0.15) is 27.7 Å². The van der Waals surface area contributed by atoms with Gasteiger partial charge in [0.05, 0.1) is 12.6 Å². The molecule has 1 aliphatic rings. The van der Waals surface area contributed by atoms with Gasteiger partial charge in [0, 0.05) is 6.54 Å². The van der Waals surface area contributed by atoms with Gasteiger partial charge in [-0.1, -0.05) is 0 Å². The molecule has 1 N–H and O–H groups in total. The highest BCUT2D eigenvalue weighted by atomic mass is 19.4. The molecule has 1 rings (SSSR count). The van der Waals surface area contributed by atoms with Gasteiger partial charge in [0.25, 0.3) is 0 Å². The SMILES string of the molecule is CC(C)(C)OC(=O)N1CC(O)C(C)(C(F)(F)F)C1. The topological polar surface area (TPSA) is 49.8 Å². The molecule has 0 spiro atoms. The van der Waals surface area contributed by atoms with E-state index < -0.39 is 35.9 Å². The molecule has 0 aromatic heterocycles. The van der Waals surface area contributed by atoms with Crippen LogP contribution in [0.3, 0.4) is 0 Å². The quantitative estimate of drug-likeness (QED) is 0.733. The number of aliphatic hydroxyl groups is 1. The van der Waals surface area contributed by atoms with Gasteiger partial charge >= 0.3 is 12.3 Å². The molecule has 0 aromatic rings. The zero-order chi connectivity index (χ0) is 14.4. The first-order chi connectivity index (χ1) is 7.87. The molecule has 0 aromatic carbocycles. The fraction of sp³-hybridized carbons (Fsp3) is 0.909. The number of halogens is 3. The molecule has 2 atom stereocenters. The fourth-order valence-corrected chi connectivity index (χ4v) is 1.72. The maximum absolute atomic E-state index is 12.8. The second-order valence-electron chi connectivity index (χ2n) is 5.79. The Hall–Kier alpha value is -0.980. The van der Waals surface area contributed by atoms with Gasteiger partial charge in [-0.05, 0) is 27.7 Å². The summed E-state index contributed by atoms with van der Waals surface area (Å²) in [6.07, 6.45) is -7.04. The van der Waals surface area contributed by atoms with Crippen LogP contribution in [-0.4, -0.2) is 47.1 Å². The first-order valence-electron chi connectivity index (χ1n) is 5.59. The zero-order valence-electron chi connectivity index (χ0n) is 10.8. The van der Waals surface area contributed by atoms with E-state index in [0.717, 1.165) is 11.8 Å². The molecule has 106 valence electrons. The van der Waals surface area contributed by atoms with Gasteiger partial charge < -0.3 is 14.7 Å². The van der Waals surface area contributed by atoms with Crippen molar-refractivity contribution in [2.24, 2.45) is 5.41 Å². The molecule has 18 heavy (non-hydrogen) atoms. The standard InChI is InChI=1S/C11H18F3NO3/c1-9(2,3)18-8(17)15-5-7(16)10(4,6-15)11(12,13)14/h7,16H,5-6H2,1-4H3. The normalized spacial score (nSPS) is 29.6. The van der Waals surface area contributed by atoms with E-state index in [9.17, 15) is 23.1 Å². The number of amides is 1. The predicted octanol–water partition coefficient (Wildman–Crippen LogP) is 2.17. The Morgan fingerprint density at radius 2 is 1.89 bits per heavy atom. The van der Waals surface area contributed by atoms with Crippen molar-refractivity contribution in [1.82, 2.24) is 4.90 Å². The average molecular weight is 269 g/mol. The summed E-state index contributed by atoms with van der Waals surface area (Å²) in [5.74, 6) is 0. The van der Waals surface area contributed by atoms with E-state index in [1.54, 1.807) is 20.8 Å². The third-order valence-corrected chi connectivity index (χ3v) is 2.95. The first kappa shape index (κ1) is 15.1. The van der Waals surface area contributed by atoms with E-state index >= 15 is 0 Å². The highest BCUT2D eigenvalue weighted by Gasteiger charge is 2.61. The summed E-state index contributed by atoms with van der Waals surface area (Å²) in [4.78, 5) is 12.5. The monoisotopic (exact) mass is 269 g/mol. The predicted molar refractivity (Wildman–Crippen MR) is 58.0 cm³/mol. The summed E-state index contributed by atoms with van der Waals surface area (Å²) in [6.45, 7) is 4.82. The molecule has 0 radical (unpaired) electrons. The lowest BCUT2D eigenvalue weighted by molar-refractivity contribution is -0.234. The minimum absolute atomic E-state index is 0.370. The first-order valence-corrected chi connectivity index (χ1v) is 5.59. The molecule has 7 heteroatoms. The van der Waals surface area contributed by atoms with Crippen molar-refractivity contribution in [3.8, 4) is 0 Å². The van der Waals surface area contributed by atoms with Crippen molar-refractivity contribution in [1.29, 1.82) is 0 Å². The van der Waals surface area contributed by atoms with Gasteiger partial charge in [-0.2, -0.15) is 13.2 Å². The van der Waals surface area contributed by atoms with Crippen molar-refractivity contribution in [2.75, 3.05) is 13.1 Å². The average Bonchev–Trinajstić information content (AvgIpc) is 2.40. The van der Waals surface area contributed by atoms with E-state index in [4.69, 9.17) is 4.74 Å². The number of nitrogens with zero attached hydrogens (tertiary/aromatic N) is 1. The molecule has 0 saturated carbocycles. The third kappa shape index (κ3) is 2.88. The largest absolute Gasteiger partial charge is 0.444 e. The molecule has 1 aliphatic heterocycles. The number of likely N-dealkylation sites (tertiary alicyclic amines) is 1. The van der Waals surface area contributed by atoms with Crippen LogP contribution in [0, 0.1) is 5.41 Å². The van der Waals surface area contributed by atoms with Gasteiger partial charge in [-0.3, -0.25) is 0 Å². The molecule has 0 aliphatic carbocycles. The van der Waals surface area contributed by atoms with Crippen LogP contribution in [0.2, 0.25) is 0 Å². The maximum Gasteiger partial charge on any atom is 0.410 e. The molecule has 2 unspecified atom stereocenters. The van der Waals surface area contributed by atoms with Crippen molar-refractivity contribution in [2.45, 2.75) is 45.6 Å². The van der Waals surface area contributed by atoms with Gasteiger partial charge in [0.1, 0.15) is 11.0 Å². The molecule has 1 fully saturated rings. The number of β-amino-alcohol motifs (C(OH)–C–C–N with tert-alkyl or cyclic N) is 1. The third-order valence-electron chi connectivity index (χ3n) is 2.95. The lowest BCUT2D eigenvalue weighted by atomic mass is 9.86. The summed E-state index contributed by atoms with van der Waals surface area (Å²) in [6, 6.07) is 0. The van der Waals surface area contributed by atoms with Gasteiger partial charge in [-0.15, -0.1) is 0 Å². The minimum atomic E-state index is -4.57. The van der Waals surface area contributed by atoms with E-state index in [1.165, 1.54) is 0 Å². The lowest BCUT2D eigenvalue weighted by Crippen LogP contribution is -2.45. The number of hydrogen-bond donors (Lipinski definition) is 1. The van der Waals surface area contributed by atoms with Crippen molar-refractivity contribution < 1.29 is 27.8 Å². The molecule has 0 bridgehead atoms. The van der Waals surface area contributed by atoms with Gasteiger partial charge in [0.15, 0.2) is 0 Å². The van der Waals surface area contributed by atoms with Crippen LogP contribution in [0.25, 0.3) is 0 Å². The molecular formula is C11H18F3NO3. The van der Waals surface area contributed by atoms with E-state index in [-0.39, 0.29) is 6.54 Å². The van der Waals surface area contributed by atoms with Crippen LogP contribution in [0.5, 0.6) is 0 Å². The van der Waals surface area contributed by atoms with E-state index in [1.807, 2.05) is 0 Å². The highest BCUT2D eigenvalue weighted by molar-refractivity contribution is 5.68.